The van der Waals surface area contributed by atoms with E-state index in [-0.39, 0.29) is 0 Å². The van der Waals surface area contributed by atoms with Crippen molar-refractivity contribution in [1.29, 1.82) is 0 Å². The van der Waals surface area contributed by atoms with Crippen LogP contribution in [0.1, 0.15) is 24.8 Å². The molecule has 3 heteroatoms. The van der Waals surface area contributed by atoms with Crippen molar-refractivity contribution in [2.24, 2.45) is 5.92 Å². The van der Waals surface area contributed by atoms with Gasteiger partial charge in [-0.1, -0.05) is 6.07 Å². The Hall–Kier alpha value is -1.22. The Balaban J connectivity index is 1.65. The summed E-state index contributed by atoms with van der Waals surface area (Å²) in [7, 11) is 0. The van der Waals surface area contributed by atoms with Crippen LogP contribution in [0.5, 0.6) is 5.75 Å². The normalized spacial score (nSPS) is 20.0. The zero-order valence-corrected chi connectivity index (χ0v) is 10.9. The van der Waals surface area contributed by atoms with Gasteiger partial charge in [-0.25, -0.2) is 0 Å². The second-order valence-electron chi connectivity index (χ2n) is 5.32. The number of hydrogen-bond donors (Lipinski definition) is 2. The number of benzene rings is 1. The van der Waals surface area contributed by atoms with Crippen LogP contribution in [-0.4, -0.2) is 26.2 Å². The highest BCUT2D eigenvalue weighted by atomic mass is 16.5. The molecule has 0 unspecified atom stereocenters. The fraction of sp³-hybridized carbons (Fsp3) is 0.600. The number of anilines is 1. The van der Waals surface area contributed by atoms with Crippen molar-refractivity contribution < 1.29 is 4.74 Å². The zero-order chi connectivity index (χ0) is 12.2. The predicted octanol–water partition coefficient (Wildman–Crippen LogP) is 2.42. The standard InChI is InChI=1S/C15H22N2O/c1-4-14-13(3-2-8-17-14)15(5-1)18-11-12-6-9-16-10-7-12/h1,4-5,12,16-17H,2-3,6-11H2. The van der Waals surface area contributed by atoms with E-state index in [1.165, 1.54) is 30.5 Å². The van der Waals surface area contributed by atoms with Crippen molar-refractivity contribution in [3.05, 3.63) is 23.8 Å². The minimum absolute atomic E-state index is 0.721. The van der Waals surface area contributed by atoms with E-state index < -0.39 is 0 Å². The van der Waals surface area contributed by atoms with Gasteiger partial charge < -0.3 is 15.4 Å². The largest absolute Gasteiger partial charge is 0.493 e. The Morgan fingerprint density at radius 1 is 1.17 bits per heavy atom. The highest BCUT2D eigenvalue weighted by Crippen LogP contribution is 2.31. The van der Waals surface area contributed by atoms with Gasteiger partial charge in [0, 0.05) is 17.8 Å². The molecule has 0 saturated carbocycles. The molecular formula is C15H22N2O. The minimum Gasteiger partial charge on any atom is -0.493 e. The summed E-state index contributed by atoms with van der Waals surface area (Å²) in [6, 6.07) is 6.37. The number of piperidine rings is 1. The summed E-state index contributed by atoms with van der Waals surface area (Å²) in [5, 5.41) is 6.85. The lowest BCUT2D eigenvalue weighted by Gasteiger charge is -2.25. The lowest BCUT2D eigenvalue weighted by Crippen LogP contribution is -2.30. The van der Waals surface area contributed by atoms with Crippen LogP contribution in [0.2, 0.25) is 0 Å². The second kappa shape index (κ2) is 5.61. The summed E-state index contributed by atoms with van der Waals surface area (Å²) in [6.07, 6.45) is 4.84. The summed E-state index contributed by atoms with van der Waals surface area (Å²) < 4.78 is 6.08. The molecule has 1 aromatic carbocycles. The van der Waals surface area contributed by atoms with Crippen LogP contribution in [-0.2, 0) is 6.42 Å². The van der Waals surface area contributed by atoms with Crippen LogP contribution in [0.15, 0.2) is 18.2 Å². The van der Waals surface area contributed by atoms with Gasteiger partial charge in [-0.2, -0.15) is 0 Å². The van der Waals surface area contributed by atoms with Crippen molar-refractivity contribution in [3.8, 4) is 5.75 Å². The van der Waals surface area contributed by atoms with E-state index >= 15 is 0 Å². The average Bonchev–Trinajstić information content (AvgIpc) is 2.46. The van der Waals surface area contributed by atoms with Gasteiger partial charge in [-0.05, 0) is 56.8 Å². The first-order valence-electron chi connectivity index (χ1n) is 7.13. The molecule has 3 rings (SSSR count). The van der Waals surface area contributed by atoms with Crippen LogP contribution < -0.4 is 15.4 Å². The van der Waals surface area contributed by atoms with Crippen LogP contribution in [0.3, 0.4) is 0 Å². The average molecular weight is 246 g/mol. The summed E-state index contributed by atoms with van der Waals surface area (Å²) in [6.45, 7) is 4.24. The van der Waals surface area contributed by atoms with Gasteiger partial charge in [0.15, 0.2) is 0 Å². The topological polar surface area (TPSA) is 33.3 Å². The van der Waals surface area contributed by atoms with Gasteiger partial charge in [0.25, 0.3) is 0 Å². The number of fused-ring (bicyclic) bond motifs is 1. The second-order valence-corrected chi connectivity index (χ2v) is 5.32. The molecule has 0 radical (unpaired) electrons. The molecule has 2 aliphatic heterocycles. The Morgan fingerprint density at radius 3 is 2.94 bits per heavy atom. The van der Waals surface area contributed by atoms with E-state index in [1.54, 1.807) is 0 Å². The minimum atomic E-state index is 0.721. The first kappa shape index (κ1) is 11.8. The van der Waals surface area contributed by atoms with Gasteiger partial charge in [-0.15, -0.1) is 0 Å². The van der Waals surface area contributed by atoms with E-state index in [0.29, 0.717) is 0 Å². The van der Waals surface area contributed by atoms with Gasteiger partial charge in [0.1, 0.15) is 5.75 Å². The molecule has 3 nitrogen and oxygen atoms in total. The molecule has 1 fully saturated rings. The lowest BCUT2D eigenvalue weighted by molar-refractivity contribution is 0.213. The van der Waals surface area contributed by atoms with E-state index in [4.69, 9.17) is 4.74 Å². The summed E-state index contributed by atoms with van der Waals surface area (Å²) in [5.74, 6) is 1.82. The predicted molar refractivity (Wildman–Crippen MR) is 74.3 cm³/mol. The first-order valence-corrected chi connectivity index (χ1v) is 7.13. The molecular weight excluding hydrogens is 224 g/mol. The maximum Gasteiger partial charge on any atom is 0.124 e. The lowest BCUT2D eigenvalue weighted by atomic mass is 9.99. The number of hydrogen-bond acceptors (Lipinski definition) is 3. The van der Waals surface area contributed by atoms with Crippen LogP contribution in [0.25, 0.3) is 0 Å². The molecule has 0 aromatic heterocycles. The molecule has 98 valence electrons. The monoisotopic (exact) mass is 246 g/mol. The molecule has 2 heterocycles. The SMILES string of the molecule is c1cc2c(c(OCC3CCNCC3)c1)CCCN2. The summed E-state index contributed by atoms with van der Waals surface area (Å²) in [5.41, 5.74) is 2.64. The number of nitrogens with one attached hydrogen (secondary N) is 2. The van der Waals surface area contributed by atoms with Crippen molar-refractivity contribution in [3.63, 3.8) is 0 Å². The summed E-state index contributed by atoms with van der Waals surface area (Å²) >= 11 is 0. The summed E-state index contributed by atoms with van der Waals surface area (Å²) in [4.78, 5) is 0. The van der Waals surface area contributed by atoms with E-state index in [9.17, 15) is 0 Å². The van der Waals surface area contributed by atoms with E-state index in [2.05, 4.69) is 28.8 Å². The van der Waals surface area contributed by atoms with Crippen LogP contribution in [0.4, 0.5) is 5.69 Å². The quantitative estimate of drug-likeness (QED) is 0.859. The van der Waals surface area contributed by atoms with Crippen molar-refractivity contribution in [1.82, 2.24) is 5.32 Å². The molecule has 18 heavy (non-hydrogen) atoms. The number of rotatable bonds is 3. The van der Waals surface area contributed by atoms with Crippen molar-refractivity contribution in [2.75, 3.05) is 31.6 Å². The van der Waals surface area contributed by atoms with Crippen LogP contribution >= 0.6 is 0 Å². The smallest absolute Gasteiger partial charge is 0.124 e. The Morgan fingerprint density at radius 2 is 2.06 bits per heavy atom. The molecule has 1 saturated heterocycles. The fourth-order valence-corrected chi connectivity index (χ4v) is 2.87. The maximum atomic E-state index is 6.08. The van der Waals surface area contributed by atoms with Crippen molar-refractivity contribution in [2.45, 2.75) is 25.7 Å². The molecule has 2 aliphatic rings. The van der Waals surface area contributed by atoms with Gasteiger partial charge in [-0.3, -0.25) is 0 Å². The maximum absolute atomic E-state index is 6.08. The van der Waals surface area contributed by atoms with Gasteiger partial charge >= 0.3 is 0 Å². The van der Waals surface area contributed by atoms with E-state index in [1.807, 2.05) is 0 Å². The third-order valence-electron chi connectivity index (χ3n) is 3.99. The molecule has 0 spiro atoms. The fourth-order valence-electron chi connectivity index (χ4n) is 2.87. The molecule has 0 atom stereocenters. The Bertz CT molecular complexity index is 399. The Labute approximate surface area is 109 Å². The highest BCUT2D eigenvalue weighted by Gasteiger charge is 2.16. The Kier molecular flexibility index (Phi) is 3.69. The molecule has 2 N–H and O–H groups in total. The first-order chi connectivity index (χ1) is 8.93. The molecule has 0 bridgehead atoms. The zero-order valence-electron chi connectivity index (χ0n) is 10.9. The highest BCUT2D eigenvalue weighted by molar-refractivity contribution is 5.59. The third kappa shape index (κ3) is 2.61. The molecule has 0 aliphatic carbocycles. The van der Waals surface area contributed by atoms with Gasteiger partial charge in [0.05, 0.1) is 6.61 Å². The van der Waals surface area contributed by atoms with E-state index in [0.717, 1.165) is 44.3 Å². The van der Waals surface area contributed by atoms with Crippen LogP contribution in [0, 0.1) is 5.92 Å². The third-order valence-corrected chi connectivity index (χ3v) is 3.99. The molecule has 0 amide bonds. The van der Waals surface area contributed by atoms with Gasteiger partial charge in [0.2, 0.25) is 0 Å². The molecule has 1 aromatic rings. The number of ether oxygens (including phenoxy) is 1. The van der Waals surface area contributed by atoms with Crippen molar-refractivity contribution >= 4 is 5.69 Å².